The Labute approximate surface area is 211 Å². The van der Waals surface area contributed by atoms with Crippen LogP contribution >= 0.6 is 11.6 Å². The highest BCUT2D eigenvalue weighted by Crippen LogP contribution is 2.43. The molecule has 0 aliphatic carbocycles. The number of hydrogen-bond acceptors (Lipinski definition) is 3. The topological polar surface area (TPSA) is 57.6 Å². The summed E-state index contributed by atoms with van der Waals surface area (Å²) >= 11 is 6.17. The van der Waals surface area contributed by atoms with Gasteiger partial charge in [-0.05, 0) is 59.2 Å². The maximum atomic E-state index is 13.4. The molecule has 4 nitrogen and oxygen atoms in total. The lowest BCUT2D eigenvalue weighted by Gasteiger charge is -2.28. The van der Waals surface area contributed by atoms with E-state index in [0.29, 0.717) is 16.3 Å². The Kier molecular flexibility index (Phi) is 6.61. The number of benzene rings is 3. The van der Waals surface area contributed by atoms with Crippen molar-refractivity contribution in [3.05, 3.63) is 105 Å². The minimum absolute atomic E-state index is 0.0475. The number of Topliss-reactive ketones (excluding diaryl/α,β-unsaturated/α-hetero) is 1. The summed E-state index contributed by atoms with van der Waals surface area (Å²) in [5, 5.41) is 11.9. The first-order valence-corrected chi connectivity index (χ1v) is 12.2. The van der Waals surface area contributed by atoms with Crippen LogP contribution in [0, 0.1) is 6.92 Å². The number of aliphatic hydroxyl groups is 1. The number of rotatable bonds is 4. The second kappa shape index (κ2) is 9.35. The van der Waals surface area contributed by atoms with Crippen molar-refractivity contribution in [1.29, 1.82) is 0 Å². The Morgan fingerprint density at radius 3 is 2.14 bits per heavy atom. The van der Waals surface area contributed by atoms with E-state index >= 15 is 0 Å². The molecule has 1 fully saturated rings. The Balaban J connectivity index is 1.93. The minimum Gasteiger partial charge on any atom is -0.507 e. The standard InChI is InChI=1S/C30H30ClNO3/c1-6-19-7-9-21(10-8-19)27(33)25-26(20-11-13-22(14-12-20)30(3,4)5)32(29(35)28(25)34)24-16-15-23(31)17-18(24)2/h7-17,26,33H,6H2,1-5H3/b27-25+. The predicted octanol–water partition coefficient (Wildman–Crippen LogP) is 7.13. The fourth-order valence-corrected chi connectivity index (χ4v) is 4.73. The second-order valence-electron chi connectivity index (χ2n) is 10.0. The van der Waals surface area contributed by atoms with Crippen LogP contribution < -0.4 is 4.90 Å². The van der Waals surface area contributed by atoms with Gasteiger partial charge >= 0.3 is 0 Å². The molecule has 1 atom stereocenters. The molecule has 1 heterocycles. The molecule has 35 heavy (non-hydrogen) atoms. The van der Waals surface area contributed by atoms with Crippen molar-refractivity contribution in [3.63, 3.8) is 0 Å². The van der Waals surface area contributed by atoms with Crippen molar-refractivity contribution in [1.82, 2.24) is 0 Å². The first-order valence-electron chi connectivity index (χ1n) is 11.8. The van der Waals surface area contributed by atoms with Crippen LogP contribution in [0.2, 0.25) is 5.02 Å². The molecule has 0 aromatic heterocycles. The Morgan fingerprint density at radius 1 is 0.971 bits per heavy atom. The SMILES string of the molecule is CCc1ccc(/C(O)=C2\C(=O)C(=O)N(c3ccc(Cl)cc3C)C2c2ccc(C(C)(C)C)cc2)cc1. The van der Waals surface area contributed by atoms with Crippen molar-refractivity contribution >= 4 is 34.7 Å². The van der Waals surface area contributed by atoms with Crippen LogP contribution in [-0.4, -0.2) is 16.8 Å². The van der Waals surface area contributed by atoms with Gasteiger partial charge in [0.15, 0.2) is 0 Å². The molecular formula is C30H30ClNO3. The number of halogens is 1. The van der Waals surface area contributed by atoms with E-state index in [9.17, 15) is 14.7 Å². The number of amides is 1. The molecular weight excluding hydrogens is 458 g/mol. The number of aryl methyl sites for hydroxylation is 2. The van der Waals surface area contributed by atoms with Crippen molar-refractivity contribution in [3.8, 4) is 0 Å². The molecule has 1 unspecified atom stereocenters. The van der Waals surface area contributed by atoms with Gasteiger partial charge in [0, 0.05) is 16.3 Å². The predicted molar refractivity (Wildman–Crippen MR) is 142 cm³/mol. The highest BCUT2D eigenvalue weighted by Gasteiger charge is 2.47. The van der Waals surface area contributed by atoms with Gasteiger partial charge in [0.25, 0.3) is 11.7 Å². The summed E-state index contributed by atoms with van der Waals surface area (Å²) in [6.45, 7) is 10.3. The van der Waals surface area contributed by atoms with Crippen LogP contribution in [0.4, 0.5) is 5.69 Å². The molecule has 3 aromatic carbocycles. The number of nitrogens with zero attached hydrogens (tertiary/aromatic N) is 1. The van der Waals surface area contributed by atoms with Crippen LogP contribution in [-0.2, 0) is 21.4 Å². The quantitative estimate of drug-likeness (QED) is 0.242. The third-order valence-corrected chi connectivity index (χ3v) is 6.83. The van der Waals surface area contributed by atoms with Gasteiger partial charge in [-0.3, -0.25) is 14.5 Å². The molecule has 0 radical (unpaired) electrons. The van der Waals surface area contributed by atoms with Crippen molar-refractivity contribution in [2.75, 3.05) is 4.90 Å². The zero-order valence-electron chi connectivity index (χ0n) is 20.7. The molecule has 4 rings (SSSR count). The third-order valence-electron chi connectivity index (χ3n) is 6.59. The van der Waals surface area contributed by atoms with E-state index in [0.717, 1.165) is 28.7 Å². The van der Waals surface area contributed by atoms with Gasteiger partial charge in [0.05, 0.1) is 11.6 Å². The van der Waals surface area contributed by atoms with Gasteiger partial charge in [0.1, 0.15) is 5.76 Å². The molecule has 1 N–H and O–H groups in total. The summed E-state index contributed by atoms with van der Waals surface area (Å²) in [5.74, 6) is -1.56. The van der Waals surface area contributed by atoms with Gasteiger partial charge in [-0.1, -0.05) is 87.8 Å². The lowest BCUT2D eigenvalue weighted by molar-refractivity contribution is -0.132. The van der Waals surface area contributed by atoms with Crippen LogP contribution in [0.1, 0.15) is 61.6 Å². The number of ketones is 1. The molecule has 3 aromatic rings. The molecule has 1 saturated heterocycles. The van der Waals surface area contributed by atoms with Gasteiger partial charge in [-0.15, -0.1) is 0 Å². The lowest BCUT2D eigenvalue weighted by atomic mass is 9.85. The van der Waals surface area contributed by atoms with Crippen LogP contribution in [0.25, 0.3) is 5.76 Å². The van der Waals surface area contributed by atoms with E-state index in [1.165, 1.54) is 4.90 Å². The number of carbonyl (C=O) groups is 2. The zero-order valence-corrected chi connectivity index (χ0v) is 21.5. The molecule has 5 heteroatoms. The fourth-order valence-electron chi connectivity index (χ4n) is 4.50. The number of carbonyl (C=O) groups excluding carboxylic acids is 2. The van der Waals surface area contributed by atoms with Crippen molar-refractivity contribution in [2.24, 2.45) is 0 Å². The van der Waals surface area contributed by atoms with Crippen molar-refractivity contribution < 1.29 is 14.7 Å². The van der Waals surface area contributed by atoms with E-state index in [2.05, 4.69) is 27.7 Å². The average molecular weight is 488 g/mol. The van der Waals surface area contributed by atoms with E-state index in [4.69, 9.17) is 11.6 Å². The van der Waals surface area contributed by atoms with Crippen molar-refractivity contribution in [2.45, 2.75) is 52.5 Å². The maximum Gasteiger partial charge on any atom is 0.300 e. The van der Waals surface area contributed by atoms with Crippen LogP contribution in [0.5, 0.6) is 0 Å². The molecule has 180 valence electrons. The first-order chi connectivity index (χ1) is 16.5. The number of aliphatic hydroxyl groups excluding tert-OH is 1. The number of anilines is 1. The van der Waals surface area contributed by atoms with Crippen LogP contribution in [0.3, 0.4) is 0 Å². The normalized spacial score (nSPS) is 17.8. The highest BCUT2D eigenvalue weighted by molar-refractivity contribution is 6.51. The first kappa shape index (κ1) is 24.7. The Hall–Kier alpha value is -3.37. The molecule has 1 amide bonds. The van der Waals surface area contributed by atoms with E-state index in [-0.39, 0.29) is 16.7 Å². The van der Waals surface area contributed by atoms with E-state index < -0.39 is 17.7 Å². The summed E-state index contributed by atoms with van der Waals surface area (Å²) in [6.07, 6.45) is 0.863. The fraction of sp³-hybridized carbons (Fsp3) is 0.267. The molecule has 0 bridgehead atoms. The highest BCUT2D eigenvalue weighted by atomic mass is 35.5. The maximum absolute atomic E-state index is 13.4. The monoisotopic (exact) mass is 487 g/mol. The van der Waals surface area contributed by atoms with E-state index in [1.807, 2.05) is 43.3 Å². The smallest absolute Gasteiger partial charge is 0.300 e. The Morgan fingerprint density at radius 2 is 1.60 bits per heavy atom. The minimum atomic E-state index is -0.769. The van der Waals surface area contributed by atoms with Gasteiger partial charge in [0.2, 0.25) is 0 Å². The molecule has 1 aliphatic heterocycles. The summed E-state index contributed by atoms with van der Waals surface area (Å²) in [5.41, 5.74) is 4.89. The number of hydrogen-bond donors (Lipinski definition) is 1. The summed E-state index contributed by atoms with van der Waals surface area (Å²) in [6, 6.07) is 19.7. The molecule has 0 spiro atoms. The Bertz CT molecular complexity index is 1320. The van der Waals surface area contributed by atoms with E-state index in [1.54, 1.807) is 30.3 Å². The summed E-state index contributed by atoms with van der Waals surface area (Å²) in [7, 11) is 0. The third kappa shape index (κ3) is 4.63. The van der Waals surface area contributed by atoms with Gasteiger partial charge in [-0.2, -0.15) is 0 Å². The van der Waals surface area contributed by atoms with Gasteiger partial charge in [-0.25, -0.2) is 0 Å². The van der Waals surface area contributed by atoms with Crippen LogP contribution in [0.15, 0.2) is 72.3 Å². The largest absolute Gasteiger partial charge is 0.507 e. The van der Waals surface area contributed by atoms with Gasteiger partial charge < -0.3 is 5.11 Å². The zero-order chi connectivity index (χ0) is 25.5. The second-order valence-corrected chi connectivity index (χ2v) is 10.5. The lowest BCUT2D eigenvalue weighted by Crippen LogP contribution is -2.30. The summed E-state index contributed by atoms with van der Waals surface area (Å²) < 4.78 is 0. The molecule has 0 saturated carbocycles. The average Bonchev–Trinajstić information content (AvgIpc) is 3.08. The summed E-state index contributed by atoms with van der Waals surface area (Å²) in [4.78, 5) is 28.3. The molecule has 1 aliphatic rings.